The Hall–Kier alpha value is -2.90. The number of benzene rings is 1. The quantitative estimate of drug-likeness (QED) is 0.427. The molecule has 0 fully saturated rings. The fourth-order valence-corrected chi connectivity index (χ4v) is 3.89. The number of para-hydroxylation sites is 1. The van der Waals surface area contributed by atoms with E-state index in [9.17, 15) is 4.79 Å². The highest BCUT2D eigenvalue weighted by molar-refractivity contribution is 7.14. The molecule has 7 heteroatoms. The fourth-order valence-electron chi connectivity index (χ4n) is 2.57. The van der Waals surface area contributed by atoms with Crippen LogP contribution in [-0.2, 0) is 4.79 Å². The van der Waals surface area contributed by atoms with Gasteiger partial charge in [-0.05, 0) is 36.6 Å². The molecule has 0 saturated carbocycles. The highest BCUT2D eigenvalue weighted by atomic mass is 32.1. The Morgan fingerprint density at radius 2 is 2.22 bits per heavy atom. The molecule has 0 aliphatic heterocycles. The van der Waals surface area contributed by atoms with Gasteiger partial charge in [-0.2, -0.15) is 0 Å². The maximum absolute atomic E-state index is 12.0. The number of nitrogens with one attached hydrogen (secondary N) is 1. The first-order valence-electron chi connectivity index (χ1n) is 8.37. The summed E-state index contributed by atoms with van der Waals surface area (Å²) in [5.74, 6) is 1.14. The minimum atomic E-state index is -0.215. The molecule has 1 amide bonds. The maximum atomic E-state index is 12.0. The average Bonchev–Trinajstić information content (AvgIpc) is 3.40. The topological polar surface area (TPSA) is 64.4 Å². The summed E-state index contributed by atoms with van der Waals surface area (Å²) in [7, 11) is 0. The van der Waals surface area contributed by atoms with Crippen LogP contribution in [0.1, 0.15) is 11.8 Å². The molecule has 0 aliphatic carbocycles. The van der Waals surface area contributed by atoms with Gasteiger partial charge in [0.15, 0.2) is 22.2 Å². The molecule has 0 bridgehead atoms. The zero-order valence-electron chi connectivity index (χ0n) is 14.5. The predicted octanol–water partition coefficient (Wildman–Crippen LogP) is 5.67. The van der Waals surface area contributed by atoms with Crippen molar-refractivity contribution in [2.45, 2.75) is 6.92 Å². The number of hydrogen-bond acceptors (Lipinski definition) is 6. The SMILES string of the molecule is CCOc1cccc2cc(-c3csc(NC(=O)/C=C/c4cccs4)n3)oc12. The second-order valence-corrected chi connectivity index (χ2v) is 7.43. The molecule has 136 valence electrons. The lowest BCUT2D eigenvalue weighted by Crippen LogP contribution is -2.07. The number of nitrogens with zero attached hydrogens (tertiary/aromatic N) is 1. The Bertz CT molecular complexity index is 1090. The molecular formula is C20H16N2O3S2. The van der Waals surface area contributed by atoms with E-state index in [-0.39, 0.29) is 5.91 Å². The van der Waals surface area contributed by atoms with E-state index in [0.29, 0.717) is 34.5 Å². The first-order valence-corrected chi connectivity index (χ1v) is 10.1. The molecule has 3 aromatic heterocycles. The van der Waals surface area contributed by atoms with Crippen LogP contribution >= 0.6 is 22.7 Å². The van der Waals surface area contributed by atoms with E-state index in [1.807, 2.05) is 54.1 Å². The molecular weight excluding hydrogens is 380 g/mol. The molecule has 1 N–H and O–H groups in total. The molecule has 5 nitrogen and oxygen atoms in total. The van der Waals surface area contributed by atoms with Crippen LogP contribution in [0.5, 0.6) is 5.75 Å². The minimum absolute atomic E-state index is 0.215. The molecule has 4 aromatic rings. The van der Waals surface area contributed by atoms with Gasteiger partial charge in [0.05, 0.1) is 6.61 Å². The summed E-state index contributed by atoms with van der Waals surface area (Å²) in [5, 5.41) is 8.08. The highest BCUT2D eigenvalue weighted by Gasteiger charge is 2.13. The summed E-state index contributed by atoms with van der Waals surface area (Å²) >= 11 is 2.93. The number of furan rings is 1. The number of hydrogen-bond donors (Lipinski definition) is 1. The second-order valence-electron chi connectivity index (χ2n) is 5.59. The Morgan fingerprint density at radius 1 is 1.30 bits per heavy atom. The van der Waals surface area contributed by atoms with E-state index in [4.69, 9.17) is 9.15 Å². The Morgan fingerprint density at radius 3 is 3.04 bits per heavy atom. The smallest absolute Gasteiger partial charge is 0.250 e. The number of thiazole rings is 1. The van der Waals surface area contributed by atoms with Crippen molar-refractivity contribution in [3.63, 3.8) is 0 Å². The van der Waals surface area contributed by atoms with Gasteiger partial charge < -0.3 is 9.15 Å². The van der Waals surface area contributed by atoms with Crippen molar-refractivity contribution in [3.8, 4) is 17.2 Å². The number of fused-ring (bicyclic) bond motifs is 1. The zero-order valence-corrected chi connectivity index (χ0v) is 16.1. The number of ether oxygens (including phenoxy) is 1. The van der Waals surface area contributed by atoms with Crippen molar-refractivity contribution < 1.29 is 13.9 Å². The van der Waals surface area contributed by atoms with Crippen LogP contribution in [0, 0.1) is 0 Å². The summed E-state index contributed by atoms with van der Waals surface area (Å²) < 4.78 is 11.6. The largest absolute Gasteiger partial charge is 0.490 e. The van der Waals surface area contributed by atoms with Crippen molar-refractivity contribution in [1.29, 1.82) is 0 Å². The van der Waals surface area contributed by atoms with E-state index >= 15 is 0 Å². The van der Waals surface area contributed by atoms with Crippen LogP contribution in [-0.4, -0.2) is 17.5 Å². The molecule has 4 rings (SSSR count). The number of carbonyl (C=O) groups excluding carboxylic acids is 1. The maximum Gasteiger partial charge on any atom is 0.250 e. The summed E-state index contributed by atoms with van der Waals surface area (Å²) in [4.78, 5) is 17.5. The van der Waals surface area contributed by atoms with Crippen LogP contribution in [0.25, 0.3) is 28.5 Å². The van der Waals surface area contributed by atoms with Gasteiger partial charge in [-0.15, -0.1) is 22.7 Å². The van der Waals surface area contributed by atoms with Crippen molar-refractivity contribution >= 4 is 50.8 Å². The summed E-state index contributed by atoms with van der Waals surface area (Å²) in [6.07, 6.45) is 3.28. The van der Waals surface area contributed by atoms with E-state index in [1.54, 1.807) is 17.4 Å². The third kappa shape index (κ3) is 3.94. The summed E-state index contributed by atoms with van der Waals surface area (Å²) in [5.41, 5.74) is 1.38. The normalized spacial score (nSPS) is 11.3. The van der Waals surface area contributed by atoms with Crippen molar-refractivity contribution in [2.75, 3.05) is 11.9 Å². The number of amides is 1. The van der Waals surface area contributed by atoms with Crippen molar-refractivity contribution in [3.05, 3.63) is 58.1 Å². The standard InChI is InChI=1S/C20H16N2O3S2/c1-2-24-16-7-3-5-13-11-17(25-19(13)16)15-12-27-20(21-15)22-18(23)9-8-14-6-4-10-26-14/h3-12H,2H2,1H3,(H,21,22,23)/b9-8+. The van der Waals surface area contributed by atoms with Crippen LogP contribution in [0.2, 0.25) is 0 Å². The molecule has 0 saturated heterocycles. The average molecular weight is 396 g/mol. The third-order valence-corrected chi connectivity index (χ3v) is 5.33. The van der Waals surface area contributed by atoms with Gasteiger partial charge in [0.25, 0.3) is 0 Å². The Labute approximate surface area is 163 Å². The fraction of sp³-hybridized carbons (Fsp3) is 0.100. The molecule has 3 heterocycles. The summed E-state index contributed by atoms with van der Waals surface area (Å²) in [6, 6.07) is 11.6. The lowest BCUT2D eigenvalue weighted by Gasteiger charge is -2.02. The Kier molecular flexibility index (Phi) is 5.04. The van der Waals surface area contributed by atoms with Crippen LogP contribution in [0.4, 0.5) is 5.13 Å². The first kappa shape index (κ1) is 17.5. The first-order chi connectivity index (χ1) is 13.2. The van der Waals surface area contributed by atoms with E-state index in [1.165, 1.54) is 17.4 Å². The third-order valence-electron chi connectivity index (χ3n) is 3.74. The van der Waals surface area contributed by atoms with E-state index < -0.39 is 0 Å². The molecule has 0 aliphatic rings. The van der Waals surface area contributed by atoms with Gasteiger partial charge in [0, 0.05) is 21.7 Å². The summed E-state index contributed by atoms with van der Waals surface area (Å²) in [6.45, 7) is 2.51. The number of aromatic nitrogens is 1. The monoisotopic (exact) mass is 396 g/mol. The lowest BCUT2D eigenvalue weighted by atomic mass is 10.2. The van der Waals surface area contributed by atoms with Gasteiger partial charge >= 0.3 is 0 Å². The number of thiophene rings is 1. The van der Waals surface area contributed by atoms with Gasteiger partial charge in [0.2, 0.25) is 5.91 Å². The van der Waals surface area contributed by atoms with Gasteiger partial charge in [0.1, 0.15) is 5.69 Å². The zero-order chi connectivity index (χ0) is 18.6. The van der Waals surface area contributed by atoms with E-state index in [2.05, 4.69) is 10.3 Å². The number of anilines is 1. The molecule has 0 spiro atoms. The predicted molar refractivity (Wildman–Crippen MR) is 110 cm³/mol. The molecule has 0 unspecified atom stereocenters. The van der Waals surface area contributed by atoms with Crippen molar-refractivity contribution in [2.24, 2.45) is 0 Å². The number of rotatable bonds is 6. The molecule has 0 radical (unpaired) electrons. The van der Waals surface area contributed by atoms with Crippen LogP contribution < -0.4 is 10.1 Å². The molecule has 1 aromatic carbocycles. The highest BCUT2D eigenvalue weighted by Crippen LogP contribution is 2.34. The molecule has 0 atom stereocenters. The van der Waals surface area contributed by atoms with Crippen molar-refractivity contribution in [1.82, 2.24) is 4.98 Å². The second kappa shape index (κ2) is 7.77. The lowest BCUT2D eigenvalue weighted by molar-refractivity contribution is -0.111. The van der Waals surface area contributed by atoms with Gasteiger partial charge in [-0.1, -0.05) is 18.2 Å². The van der Waals surface area contributed by atoms with Crippen LogP contribution in [0.15, 0.2) is 57.7 Å². The van der Waals surface area contributed by atoms with Crippen LogP contribution in [0.3, 0.4) is 0 Å². The minimum Gasteiger partial charge on any atom is -0.490 e. The van der Waals surface area contributed by atoms with Gasteiger partial charge in [-0.3, -0.25) is 10.1 Å². The molecule has 27 heavy (non-hydrogen) atoms. The number of carbonyl (C=O) groups is 1. The van der Waals surface area contributed by atoms with Gasteiger partial charge in [-0.25, -0.2) is 4.98 Å². The Balaban J connectivity index is 1.51. The van der Waals surface area contributed by atoms with E-state index in [0.717, 1.165) is 10.3 Å².